The first-order valence-corrected chi connectivity index (χ1v) is 13.0. The van der Waals surface area contributed by atoms with Gasteiger partial charge in [-0.3, -0.25) is 0 Å². The highest BCUT2D eigenvalue weighted by atomic mass is 32.2. The van der Waals surface area contributed by atoms with E-state index in [2.05, 4.69) is 22.0 Å². The third-order valence-electron chi connectivity index (χ3n) is 6.30. The standard InChI is InChI=1S/C27H25N5O2S/c1-20-11-13-22(14-12-20)35(33,34)25(19-28)26-27(30-24-10-6-5-9-23(24)29-26)32-17-15-31(16-18-32)21-7-3-2-4-8-21/h2-14,25H,15-18H2,1H3/t25-/m0/s1. The Morgan fingerprint density at radius 3 is 2.00 bits per heavy atom. The molecule has 0 saturated carbocycles. The number of hydrogen-bond acceptors (Lipinski definition) is 7. The van der Waals surface area contributed by atoms with Crippen molar-refractivity contribution in [2.45, 2.75) is 17.1 Å². The van der Waals surface area contributed by atoms with Gasteiger partial charge in [0, 0.05) is 31.9 Å². The molecular formula is C27H25N5O2S. The van der Waals surface area contributed by atoms with Crippen molar-refractivity contribution in [1.82, 2.24) is 9.97 Å². The summed E-state index contributed by atoms with van der Waals surface area (Å²) in [7, 11) is -4.01. The van der Waals surface area contributed by atoms with E-state index >= 15 is 0 Å². The number of nitriles is 1. The van der Waals surface area contributed by atoms with Crippen LogP contribution in [0.3, 0.4) is 0 Å². The zero-order valence-corrected chi connectivity index (χ0v) is 20.2. The summed E-state index contributed by atoms with van der Waals surface area (Å²) in [5.74, 6) is 0.457. The fourth-order valence-corrected chi connectivity index (χ4v) is 5.75. The number of piperazine rings is 1. The molecule has 1 fully saturated rings. The van der Waals surface area contributed by atoms with Crippen molar-refractivity contribution in [3.63, 3.8) is 0 Å². The number of aromatic nitrogens is 2. The summed E-state index contributed by atoms with van der Waals surface area (Å²) in [5.41, 5.74) is 3.50. The molecule has 4 aromatic rings. The van der Waals surface area contributed by atoms with E-state index in [9.17, 15) is 13.7 Å². The number of fused-ring (bicyclic) bond motifs is 1. The van der Waals surface area contributed by atoms with Gasteiger partial charge in [0.1, 0.15) is 5.69 Å². The van der Waals surface area contributed by atoms with Gasteiger partial charge in [-0.05, 0) is 43.3 Å². The molecular weight excluding hydrogens is 458 g/mol. The maximum Gasteiger partial charge on any atom is 0.200 e. The van der Waals surface area contributed by atoms with Gasteiger partial charge in [-0.15, -0.1) is 0 Å². The van der Waals surface area contributed by atoms with Gasteiger partial charge in [-0.2, -0.15) is 5.26 Å². The lowest BCUT2D eigenvalue weighted by atomic mass is 10.2. The Bertz CT molecular complexity index is 1490. The van der Waals surface area contributed by atoms with E-state index in [0.717, 1.165) is 24.3 Å². The minimum absolute atomic E-state index is 0.101. The summed E-state index contributed by atoms with van der Waals surface area (Å²) in [6, 6.07) is 26.1. The fourth-order valence-electron chi connectivity index (χ4n) is 4.37. The molecule has 3 aromatic carbocycles. The molecule has 35 heavy (non-hydrogen) atoms. The first-order chi connectivity index (χ1) is 17.0. The van der Waals surface area contributed by atoms with Crippen LogP contribution in [0.2, 0.25) is 0 Å². The van der Waals surface area contributed by atoms with E-state index in [1.807, 2.05) is 54.3 Å². The lowest BCUT2D eigenvalue weighted by Crippen LogP contribution is -2.47. The molecule has 2 heterocycles. The van der Waals surface area contributed by atoms with Crippen molar-refractivity contribution in [1.29, 1.82) is 5.26 Å². The summed E-state index contributed by atoms with van der Waals surface area (Å²) in [5, 5.41) is 8.62. The summed E-state index contributed by atoms with van der Waals surface area (Å²) in [6.07, 6.45) is 0. The van der Waals surface area contributed by atoms with Crippen molar-refractivity contribution < 1.29 is 8.42 Å². The number of aryl methyl sites for hydroxylation is 1. The predicted octanol–water partition coefficient (Wildman–Crippen LogP) is 4.30. The molecule has 7 nitrogen and oxygen atoms in total. The number of benzene rings is 3. The minimum atomic E-state index is -4.01. The molecule has 0 radical (unpaired) electrons. The topological polar surface area (TPSA) is 90.2 Å². The van der Waals surface area contributed by atoms with Crippen molar-refractivity contribution >= 4 is 32.4 Å². The summed E-state index contributed by atoms with van der Waals surface area (Å²) < 4.78 is 27.1. The number of sulfone groups is 1. The first kappa shape index (κ1) is 22.8. The average molecular weight is 484 g/mol. The molecule has 0 spiro atoms. The van der Waals surface area contributed by atoms with Crippen molar-refractivity contribution in [2.75, 3.05) is 36.0 Å². The molecule has 1 aromatic heterocycles. The van der Waals surface area contributed by atoms with Gasteiger partial charge < -0.3 is 9.80 Å². The quantitative estimate of drug-likeness (QED) is 0.418. The number of rotatable bonds is 5. The van der Waals surface area contributed by atoms with Gasteiger partial charge in [-0.25, -0.2) is 18.4 Å². The predicted molar refractivity (Wildman–Crippen MR) is 137 cm³/mol. The molecule has 1 aliphatic rings. The average Bonchev–Trinajstić information content (AvgIpc) is 2.89. The minimum Gasteiger partial charge on any atom is -0.368 e. The fraction of sp³-hybridized carbons (Fsp3) is 0.222. The molecule has 1 atom stereocenters. The van der Waals surface area contributed by atoms with E-state index < -0.39 is 15.1 Å². The monoisotopic (exact) mass is 483 g/mol. The van der Waals surface area contributed by atoms with Crippen LogP contribution >= 0.6 is 0 Å². The van der Waals surface area contributed by atoms with Crippen LogP contribution in [0, 0.1) is 18.3 Å². The lowest BCUT2D eigenvalue weighted by Gasteiger charge is -2.37. The zero-order valence-electron chi connectivity index (χ0n) is 19.4. The molecule has 0 unspecified atom stereocenters. The Balaban J connectivity index is 1.55. The van der Waals surface area contributed by atoms with E-state index in [1.54, 1.807) is 30.3 Å². The molecule has 5 rings (SSSR count). The Hall–Kier alpha value is -3.96. The smallest absolute Gasteiger partial charge is 0.200 e. The van der Waals surface area contributed by atoms with Crippen LogP contribution in [-0.4, -0.2) is 44.6 Å². The van der Waals surface area contributed by atoms with E-state index in [0.29, 0.717) is 29.9 Å². The SMILES string of the molecule is Cc1ccc(S(=O)(=O)[C@@H](C#N)c2nc3ccccc3nc2N2CCN(c3ccccc3)CC2)cc1. The third kappa shape index (κ3) is 4.43. The van der Waals surface area contributed by atoms with E-state index in [-0.39, 0.29) is 10.6 Å². The van der Waals surface area contributed by atoms with Gasteiger partial charge >= 0.3 is 0 Å². The van der Waals surface area contributed by atoms with Crippen LogP contribution in [0.1, 0.15) is 16.5 Å². The van der Waals surface area contributed by atoms with Crippen LogP contribution in [-0.2, 0) is 9.84 Å². The van der Waals surface area contributed by atoms with Gasteiger partial charge in [0.2, 0.25) is 9.84 Å². The molecule has 8 heteroatoms. The van der Waals surface area contributed by atoms with E-state index in [4.69, 9.17) is 4.98 Å². The van der Waals surface area contributed by atoms with Crippen LogP contribution < -0.4 is 9.80 Å². The molecule has 0 bridgehead atoms. The largest absolute Gasteiger partial charge is 0.368 e. The molecule has 176 valence electrons. The van der Waals surface area contributed by atoms with Crippen LogP contribution in [0.15, 0.2) is 83.8 Å². The second-order valence-corrected chi connectivity index (χ2v) is 10.6. The van der Waals surface area contributed by atoms with Crippen LogP contribution in [0.4, 0.5) is 11.5 Å². The third-order valence-corrected chi connectivity index (χ3v) is 8.18. The summed E-state index contributed by atoms with van der Waals surface area (Å²) in [6.45, 7) is 4.66. The maximum atomic E-state index is 13.6. The summed E-state index contributed by atoms with van der Waals surface area (Å²) >= 11 is 0. The second-order valence-electron chi connectivity index (χ2n) is 8.60. The lowest BCUT2D eigenvalue weighted by molar-refractivity contribution is 0.589. The molecule has 0 N–H and O–H groups in total. The zero-order chi connectivity index (χ0) is 24.4. The maximum absolute atomic E-state index is 13.6. The number of nitrogens with zero attached hydrogens (tertiary/aromatic N) is 5. The molecule has 0 amide bonds. The van der Waals surface area contributed by atoms with Crippen molar-refractivity contribution in [3.8, 4) is 6.07 Å². The van der Waals surface area contributed by atoms with Crippen molar-refractivity contribution in [2.24, 2.45) is 0 Å². The van der Waals surface area contributed by atoms with Gasteiger partial charge in [0.25, 0.3) is 0 Å². The highest BCUT2D eigenvalue weighted by Gasteiger charge is 2.35. The molecule has 1 saturated heterocycles. The van der Waals surface area contributed by atoms with Gasteiger partial charge in [0.15, 0.2) is 11.1 Å². The van der Waals surface area contributed by atoms with Crippen LogP contribution in [0.25, 0.3) is 11.0 Å². The highest BCUT2D eigenvalue weighted by molar-refractivity contribution is 7.92. The van der Waals surface area contributed by atoms with Gasteiger partial charge in [-0.1, -0.05) is 48.0 Å². The number of hydrogen-bond donors (Lipinski definition) is 0. The number of anilines is 2. The Labute approximate surface area is 205 Å². The highest BCUT2D eigenvalue weighted by Crippen LogP contribution is 2.34. The Morgan fingerprint density at radius 1 is 0.800 bits per heavy atom. The second kappa shape index (κ2) is 9.35. The van der Waals surface area contributed by atoms with Crippen LogP contribution in [0.5, 0.6) is 0 Å². The first-order valence-electron chi connectivity index (χ1n) is 11.5. The summed E-state index contributed by atoms with van der Waals surface area (Å²) in [4.78, 5) is 13.9. The molecule has 0 aliphatic carbocycles. The van der Waals surface area contributed by atoms with Crippen molar-refractivity contribution in [3.05, 3.63) is 90.1 Å². The Kier molecular flexibility index (Phi) is 6.10. The van der Waals surface area contributed by atoms with Gasteiger partial charge in [0.05, 0.1) is 22.0 Å². The Morgan fingerprint density at radius 2 is 1.37 bits per heavy atom. The molecule has 1 aliphatic heterocycles. The number of para-hydroxylation sites is 3. The van der Waals surface area contributed by atoms with E-state index in [1.165, 1.54) is 0 Å². The normalized spacial score (nSPS) is 15.1.